The van der Waals surface area contributed by atoms with E-state index in [1.54, 1.807) is 6.92 Å². The van der Waals surface area contributed by atoms with E-state index in [-0.39, 0.29) is 13.0 Å². The molecule has 0 fully saturated rings. The maximum atomic E-state index is 12.8. The first-order chi connectivity index (χ1) is 6.45. The molecule has 1 aromatic rings. The monoisotopic (exact) mass is 201 g/mol. The maximum absolute atomic E-state index is 12.8. The van der Waals surface area contributed by atoms with Gasteiger partial charge in [-0.2, -0.15) is 0 Å². The van der Waals surface area contributed by atoms with E-state index >= 15 is 0 Å². The minimum absolute atomic E-state index is 0.120. The molecule has 1 rings (SSSR count). The van der Waals surface area contributed by atoms with Crippen molar-refractivity contribution in [3.05, 3.63) is 35.4 Å². The third-order valence-corrected chi connectivity index (χ3v) is 2.15. The van der Waals surface area contributed by atoms with Crippen LogP contribution in [0.1, 0.15) is 18.9 Å². The number of hydrogen-bond donors (Lipinski definition) is 2. The zero-order valence-electron chi connectivity index (χ0n) is 7.93. The van der Waals surface area contributed by atoms with Crippen LogP contribution in [0.15, 0.2) is 18.2 Å². The molecule has 0 aliphatic carbocycles. The van der Waals surface area contributed by atoms with Gasteiger partial charge in [0.25, 0.3) is 0 Å². The van der Waals surface area contributed by atoms with Crippen LogP contribution in [0.3, 0.4) is 0 Å². The Balaban J connectivity index is 3.05. The molecule has 0 saturated heterocycles. The molecule has 3 N–H and O–H groups in total. The summed E-state index contributed by atoms with van der Waals surface area (Å²) in [6, 6.07) is 3.15. The van der Waals surface area contributed by atoms with Crippen molar-refractivity contribution >= 4 is 0 Å². The molecule has 0 radical (unpaired) electrons. The largest absolute Gasteiger partial charge is 0.396 e. The van der Waals surface area contributed by atoms with E-state index in [1.165, 1.54) is 12.1 Å². The van der Waals surface area contributed by atoms with Gasteiger partial charge < -0.3 is 10.8 Å². The lowest BCUT2D eigenvalue weighted by Crippen LogP contribution is -2.34. The molecule has 0 heterocycles. The molecule has 14 heavy (non-hydrogen) atoms. The molecular formula is C10H13F2NO. The maximum Gasteiger partial charge on any atom is 0.126 e. The zero-order valence-corrected chi connectivity index (χ0v) is 7.93. The Kier molecular flexibility index (Phi) is 3.18. The van der Waals surface area contributed by atoms with Crippen LogP contribution >= 0.6 is 0 Å². The predicted molar refractivity (Wildman–Crippen MR) is 49.6 cm³/mol. The van der Waals surface area contributed by atoms with Gasteiger partial charge in [-0.25, -0.2) is 8.78 Å². The van der Waals surface area contributed by atoms with Crippen LogP contribution in [-0.2, 0) is 5.54 Å². The predicted octanol–water partition coefficient (Wildman–Crippen LogP) is 1.52. The molecule has 0 aliphatic rings. The third kappa shape index (κ3) is 2.49. The van der Waals surface area contributed by atoms with E-state index in [4.69, 9.17) is 10.8 Å². The van der Waals surface area contributed by atoms with Gasteiger partial charge in [-0.05, 0) is 31.0 Å². The van der Waals surface area contributed by atoms with E-state index in [2.05, 4.69) is 0 Å². The van der Waals surface area contributed by atoms with Crippen LogP contribution in [0.2, 0.25) is 0 Å². The summed E-state index contributed by atoms with van der Waals surface area (Å²) in [6.07, 6.45) is 0.260. The minimum atomic E-state index is -0.905. The number of aliphatic hydroxyl groups is 1. The van der Waals surface area contributed by atoms with Gasteiger partial charge in [0, 0.05) is 18.2 Å². The van der Waals surface area contributed by atoms with Gasteiger partial charge in [0.1, 0.15) is 11.6 Å². The number of aliphatic hydroxyl groups excluding tert-OH is 1. The molecule has 0 unspecified atom stereocenters. The van der Waals surface area contributed by atoms with Gasteiger partial charge in [0.2, 0.25) is 0 Å². The van der Waals surface area contributed by atoms with E-state index in [1.807, 2.05) is 0 Å². The number of rotatable bonds is 3. The Labute approximate surface area is 81.4 Å². The van der Waals surface area contributed by atoms with E-state index < -0.39 is 17.2 Å². The van der Waals surface area contributed by atoms with Crippen molar-refractivity contribution in [1.82, 2.24) is 0 Å². The summed E-state index contributed by atoms with van der Waals surface area (Å²) >= 11 is 0. The van der Waals surface area contributed by atoms with Crippen LogP contribution in [0.4, 0.5) is 8.78 Å². The van der Waals surface area contributed by atoms with E-state index in [0.717, 1.165) is 6.07 Å². The SMILES string of the molecule is C[C@](N)(CCO)c1cc(F)cc(F)c1. The standard InChI is InChI=1S/C10H13F2NO/c1-10(13,2-3-14)7-4-8(11)6-9(12)5-7/h4-6,14H,2-3,13H2,1H3/t10-/m0/s1. The summed E-state index contributed by atoms with van der Waals surface area (Å²) in [5, 5.41) is 8.73. The van der Waals surface area contributed by atoms with Gasteiger partial charge in [-0.15, -0.1) is 0 Å². The fraction of sp³-hybridized carbons (Fsp3) is 0.400. The molecule has 2 nitrogen and oxygen atoms in total. The van der Waals surface area contributed by atoms with Gasteiger partial charge in [-0.1, -0.05) is 0 Å². The summed E-state index contributed by atoms with van der Waals surface area (Å²) in [5.74, 6) is -1.32. The highest BCUT2D eigenvalue weighted by molar-refractivity contribution is 5.24. The van der Waals surface area contributed by atoms with Crippen molar-refractivity contribution in [3.63, 3.8) is 0 Å². The highest BCUT2D eigenvalue weighted by atomic mass is 19.1. The van der Waals surface area contributed by atoms with Crippen LogP contribution in [0.25, 0.3) is 0 Å². The van der Waals surface area contributed by atoms with Crippen LogP contribution in [-0.4, -0.2) is 11.7 Å². The lowest BCUT2D eigenvalue weighted by molar-refractivity contribution is 0.246. The topological polar surface area (TPSA) is 46.2 Å². The molecular weight excluding hydrogens is 188 g/mol. The second-order valence-electron chi connectivity index (χ2n) is 3.55. The van der Waals surface area contributed by atoms with Crippen molar-refractivity contribution in [2.24, 2.45) is 5.73 Å². The number of benzene rings is 1. The van der Waals surface area contributed by atoms with Crippen LogP contribution < -0.4 is 5.73 Å². The summed E-state index contributed by atoms with van der Waals surface area (Å²) in [4.78, 5) is 0. The molecule has 0 amide bonds. The molecule has 0 aliphatic heterocycles. The zero-order chi connectivity index (χ0) is 10.8. The number of nitrogens with two attached hydrogens (primary N) is 1. The second-order valence-corrected chi connectivity index (χ2v) is 3.55. The van der Waals surface area contributed by atoms with Gasteiger partial charge in [0.15, 0.2) is 0 Å². The summed E-state index contributed by atoms with van der Waals surface area (Å²) in [7, 11) is 0. The number of halogens is 2. The summed E-state index contributed by atoms with van der Waals surface area (Å²) in [5.41, 5.74) is 5.24. The van der Waals surface area contributed by atoms with Crippen molar-refractivity contribution in [2.75, 3.05) is 6.61 Å². The minimum Gasteiger partial charge on any atom is -0.396 e. The smallest absolute Gasteiger partial charge is 0.126 e. The molecule has 1 aromatic carbocycles. The van der Waals surface area contributed by atoms with Crippen molar-refractivity contribution in [3.8, 4) is 0 Å². The first-order valence-corrected chi connectivity index (χ1v) is 4.32. The Bertz CT molecular complexity index is 306. The summed E-state index contributed by atoms with van der Waals surface area (Å²) in [6.45, 7) is 1.50. The average molecular weight is 201 g/mol. The van der Waals surface area contributed by atoms with Crippen molar-refractivity contribution in [2.45, 2.75) is 18.9 Å². The molecule has 0 bridgehead atoms. The fourth-order valence-corrected chi connectivity index (χ4v) is 1.26. The Hall–Kier alpha value is -1.00. The third-order valence-electron chi connectivity index (χ3n) is 2.15. The fourth-order valence-electron chi connectivity index (χ4n) is 1.26. The van der Waals surface area contributed by atoms with Gasteiger partial charge in [0.05, 0.1) is 0 Å². The Morgan fingerprint density at radius 1 is 1.29 bits per heavy atom. The first-order valence-electron chi connectivity index (χ1n) is 4.32. The molecule has 4 heteroatoms. The van der Waals surface area contributed by atoms with Crippen molar-refractivity contribution in [1.29, 1.82) is 0 Å². The highest BCUT2D eigenvalue weighted by Gasteiger charge is 2.21. The van der Waals surface area contributed by atoms with E-state index in [0.29, 0.717) is 5.56 Å². The first kappa shape index (κ1) is 11.1. The molecule has 0 aromatic heterocycles. The lowest BCUT2D eigenvalue weighted by Gasteiger charge is -2.24. The summed E-state index contributed by atoms with van der Waals surface area (Å²) < 4.78 is 25.7. The Morgan fingerprint density at radius 2 is 1.79 bits per heavy atom. The number of hydrogen-bond acceptors (Lipinski definition) is 2. The van der Waals surface area contributed by atoms with Crippen LogP contribution in [0.5, 0.6) is 0 Å². The molecule has 0 spiro atoms. The molecule has 78 valence electrons. The second kappa shape index (κ2) is 4.02. The van der Waals surface area contributed by atoms with Gasteiger partial charge in [-0.3, -0.25) is 0 Å². The lowest BCUT2D eigenvalue weighted by atomic mass is 9.90. The van der Waals surface area contributed by atoms with Gasteiger partial charge >= 0.3 is 0 Å². The quantitative estimate of drug-likeness (QED) is 0.778. The average Bonchev–Trinajstić information content (AvgIpc) is 2.02. The van der Waals surface area contributed by atoms with Crippen molar-refractivity contribution < 1.29 is 13.9 Å². The van der Waals surface area contributed by atoms with Crippen LogP contribution in [0, 0.1) is 11.6 Å². The Morgan fingerprint density at radius 3 is 2.21 bits per heavy atom. The van der Waals surface area contributed by atoms with E-state index in [9.17, 15) is 8.78 Å². The molecule has 0 saturated carbocycles. The normalized spacial score (nSPS) is 15.2. The highest BCUT2D eigenvalue weighted by Crippen LogP contribution is 2.22. The molecule has 1 atom stereocenters.